The minimum Gasteiger partial charge on any atom is -0.496 e. The Morgan fingerprint density at radius 1 is 1.15 bits per heavy atom. The van der Waals surface area contributed by atoms with Crippen molar-refractivity contribution in [3.63, 3.8) is 0 Å². The number of carbonyl (C=O) groups excluding carboxylic acids is 3. The highest BCUT2D eigenvalue weighted by molar-refractivity contribution is 6.39. The summed E-state index contributed by atoms with van der Waals surface area (Å²) < 4.78 is 5.55. The van der Waals surface area contributed by atoms with Crippen molar-refractivity contribution < 1.29 is 19.1 Å². The Labute approximate surface area is 155 Å². The van der Waals surface area contributed by atoms with E-state index in [1.54, 1.807) is 24.3 Å². The van der Waals surface area contributed by atoms with Crippen LogP contribution >= 0.6 is 11.6 Å². The van der Waals surface area contributed by atoms with Crippen molar-refractivity contribution >= 4 is 40.5 Å². The summed E-state index contributed by atoms with van der Waals surface area (Å²) in [4.78, 5) is 37.2. The van der Waals surface area contributed by atoms with Crippen LogP contribution in [0.25, 0.3) is 5.57 Å². The molecule has 6 heteroatoms. The van der Waals surface area contributed by atoms with Gasteiger partial charge in [0.15, 0.2) is 5.78 Å². The third-order valence-electron chi connectivity index (χ3n) is 4.08. The zero-order valence-corrected chi connectivity index (χ0v) is 15.0. The number of anilines is 1. The van der Waals surface area contributed by atoms with Crippen LogP contribution in [0, 0.1) is 0 Å². The number of imide groups is 1. The summed E-state index contributed by atoms with van der Waals surface area (Å²) >= 11 is 6.09. The molecule has 2 aromatic carbocycles. The monoisotopic (exact) mass is 369 g/mol. The Hall–Kier alpha value is -2.92. The van der Waals surface area contributed by atoms with Crippen LogP contribution in [0.2, 0.25) is 5.02 Å². The first-order chi connectivity index (χ1) is 12.4. The normalized spacial score (nSPS) is 14.5. The second kappa shape index (κ2) is 7.14. The lowest BCUT2D eigenvalue weighted by atomic mass is 10.0. The Morgan fingerprint density at radius 2 is 1.88 bits per heavy atom. The number of ether oxygens (including phenoxy) is 1. The van der Waals surface area contributed by atoms with Gasteiger partial charge in [-0.05, 0) is 31.2 Å². The lowest BCUT2D eigenvalue weighted by Gasteiger charge is -2.12. The molecule has 1 aliphatic heterocycles. The predicted octanol–water partition coefficient (Wildman–Crippen LogP) is 3.99. The van der Waals surface area contributed by atoms with Gasteiger partial charge >= 0.3 is 0 Å². The molecule has 2 amide bonds. The van der Waals surface area contributed by atoms with Gasteiger partial charge < -0.3 is 4.74 Å². The first-order valence-corrected chi connectivity index (χ1v) is 8.33. The van der Waals surface area contributed by atoms with Gasteiger partial charge in [-0.15, -0.1) is 0 Å². The maximum atomic E-state index is 12.6. The number of benzene rings is 2. The first-order valence-electron chi connectivity index (χ1n) is 7.95. The van der Waals surface area contributed by atoms with Crippen LogP contribution < -0.4 is 4.90 Å². The molecule has 132 valence electrons. The number of halogens is 1. The molecule has 0 bridgehead atoms. The van der Waals surface area contributed by atoms with Crippen LogP contribution in [0.5, 0.6) is 0 Å². The van der Waals surface area contributed by atoms with Crippen molar-refractivity contribution in [2.45, 2.75) is 20.5 Å². The molecule has 2 aromatic rings. The Bertz CT molecular complexity index is 949. The summed E-state index contributed by atoms with van der Waals surface area (Å²) in [6.45, 7) is 2.94. The topological polar surface area (TPSA) is 63.7 Å². The number of rotatable bonds is 4. The summed E-state index contributed by atoms with van der Waals surface area (Å²) in [5.74, 6) is -1.01. The molecule has 0 atom stereocenters. The zero-order chi connectivity index (χ0) is 18.8. The smallest absolute Gasteiger partial charge is 0.268 e. The van der Waals surface area contributed by atoms with Gasteiger partial charge in [-0.2, -0.15) is 0 Å². The van der Waals surface area contributed by atoms with E-state index in [9.17, 15) is 14.4 Å². The predicted molar refractivity (Wildman–Crippen MR) is 98.8 cm³/mol. The molecule has 5 nitrogen and oxygen atoms in total. The molecule has 1 heterocycles. The van der Waals surface area contributed by atoms with Crippen molar-refractivity contribution in [2.24, 2.45) is 0 Å². The van der Waals surface area contributed by atoms with E-state index in [0.717, 1.165) is 10.5 Å². The van der Waals surface area contributed by atoms with Gasteiger partial charge in [0.2, 0.25) is 5.91 Å². The lowest BCUT2D eigenvalue weighted by molar-refractivity contribution is -0.122. The first kappa shape index (κ1) is 17.9. The molecule has 0 unspecified atom stereocenters. The van der Waals surface area contributed by atoms with Crippen LogP contribution in [0.4, 0.5) is 5.69 Å². The molecule has 0 aliphatic carbocycles. The molecular formula is C20H16ClNO4. The van der Waals surface area contributed by atoms with E-state index in [2.05, 4.69) is 0 Å². The van der Waals surface area contributed by atoms with Gasteiger partial charge in [-0.25, -0.2) is 4.90 Å². The van der Waals surface area contributed by atoms with Gasteiger partial charge in [-0.3, -0.25) is 14.4 Å². The van der Waals surface area contributed by atoms with E-state index in [-0.39, 0.29) is 18.0 Å². The Morgan fingerprint density at radius 3 is 2.54 bits per heavy atom. The molecule has 0 saturated heterocycles. The molecule has 1 aliphatic rings. The molecule has 3 rings (SSSR count). The summed E-state index contributed by atoms with van der Waals surface area (Å²) in [7, 11) is 0. The maximum absolute atomic E-state index is 12.6. The van der Waals surface area contributed by atoms with Gasteiger partial charge in [-0.1, -0.05) is 29.8 Å². The molecule has 0 fully saturated rings. The quantitative estimate of drug-likeness (QED) is 0.464. The lowest BCUT2D eigenvalue weighted by Crippen LogP contribution is -2.31. The number of ketones is 1. The molecule has 0 radical (unpaired) electrons. The summed E-state index contributed by atoms with van der Waals surface area (Å²) in [5, 5.41) is 0.563. The van der Waals surface area contributed by atoms with Crippen molar-refractivity contribution in [1.82, 2.24) is 0 Å². The third-order valence-corrected chi connectivity index (χ3v) is 4.45. The molecule has 0 N–H and O–H groups in total. The average molecular weight is 370 g/mol. The van der Waals surface area contributed by atoms with E-state index in [0.29, 0.717) is 21.8 Å². The zero-order valence-electron chi connectivity index (χ0n) is 14.3. The molecule has 0 spiro atoms. The molecular weight excluding hydrogens is 354 g/mol. The Balaban J connectivity index is 1.95. The van der Waals surface area contributed by atoms with Crippen molar-refractivity contribution in [1.29, 1.82) is 0 Å². The summed E-state index contributed by atoms with van der Waals surface area (Å²) in [5.41, 5.74) is 2.40. The SMILES string of the molecule is CC(=O)c1ccc2c(c1)C(=COCc1ccccc1Cl)C(=O)N2C(C)=O. The number of fused-ring (bicyclic) bond motifs is 1. The second-order valence-electron chi connectivity index (χ2n) is 5.88. The Kier molecular flexibility index (Phi) is 4.91. The van der Waals surface area contributed by atoms with E-state index < -0.39 is 11.8 Å². The van der Waals surface area contributed by atoms with E-state index in [1.807, 2.05) is 18.2 Å². The number of hydrogen-bond acceptors (Lipinski definition) is 4. The number of Topliss-reactive ketones (excluding diaryl/α,β-unsaturated/α-hetero) is 1. The minimum atomic E-state index is -0.479. The van der Waals surface area contributed by atoms with Gasteiger partial charge in [0.25, 0.3) is 5.91 Å². The van der Waals surface area contributed by atoms with Gasteiger partial charge in [0.1, 0.15) is 6.61 Å². The second-order valence-corrected chi connectivity index (χ2v) is 6.29. The maximum Gasteiger partial charge on any atom is 0.268 e. The summed E-state index contributed by atoms with van der Waals surface area (Å²) in [6, 6.07) is 12.0. The van der Waals surface area contributed by atoms with E-state index in [1.165, 1.54) is 20.1 Å². The van der Waals surface area contributed by atoms with Gasteiger partial charge in [0.05, 0.1) is 17.5 Å². The fourth-order valence-electron chi connectivity index (χ4n) is 2.77. The molecule has 0 aromatic heterocycles. The average Bonchev–Trinajstić information content (AvgIpc) is 2.87. The van der Waals surface area contributed by atoms with Crippen molar-refractivity contribution in [3.8, 4) is 0 Å². The fraction of sp³-hybridized carbons (Fsp3) is 0.150. The highest BCUT2D eigenvalue weighted by Gasteiger charge is 2.35. The highest BCUT2D eigenvalue weighted by Crippen LogP contribution is 2.37. The van der Waals surface area contributed by atoms with E-state index in [4.69, 9.17) is 16.3 Å². The fourth-order valence-corrected chi connectivity index (χ4v) is 2.96. The van der Waals surface area contributed by atoms with Crippen molar-refractivity contribution in [3.05, 3.63) is 70.4 Å². The van der Waals surface area contributed by atoms with Crippen LogP contribution in [0.3, 0.4) is 0 Å². The molecule has 0 saturated carbocycles. The number of nitrogens with zero attached hydrogens (tertiary/aromatic N) is 1. The van der Waals surface area contributed by atoms with Gasteiger partial charge in [0, 0.05) is 28.6 Å². The van der Waals surface area contributed by atoms with Crippen molar-refractivity contribution in [2.75, 3.05) is 4.90 Å². The number of carbonyl (C=O) groups is 3. The van der Waals surface area contributed by atoms with Crippen LogP contribution in [-0.2, 0) is 20.9 Å². The highest BCUT2D eigenvalue weighted by atomic mass is 35.5. The number of hydrogen-bond donors (Lipinski definition) is 0. The van der Waals surface area contributed by atoms with Crippen LogP contribution in [-0.4, -0.2) is 17.6 Å². The minimum absolute atomic E-state index is 0.127. The third kappa shape index (κ3) is 3.26. The summed E-state index contributed by atoms with van der Waals surface area (Å²) in [6.07, 6.45) is 1.32. The van der Waals surface area contributed by atoms with Crippen LogP contribution in [0.1, 0.15) is 35.3 Å². The largest absolute Gasteiger partial charge is 0.496 e. The molecule has 26 heavy (non-hydrogen) atoms. The standard InChI is InChI=1S/C20H16ClNO4/c1-12(23)14-7-8-19-16(9-14)17(20(25)22(19)13(2)24)11-26-10-15-5-3-4-6-18(15)21/h3-9,11H,10H2,1-2H3. The van der Waals surface area contributed by atoms with E-state index >= 15 is 0 Å². The number of amides is 2. The van der Waals surface area contributed by atoms with Crippen LogP contribution in [0.15, 0.2) is 48.7 Å².